The van der Waals surface area contributed by atoms with Crippen LogP contribution in [-0.4, -0.2) is 79.8 Å². The highest BCUT2D eigenvalue weighted by molar-refractivity contribution is 7.99. The van der Waals surface area contributed by atoms with E-state index in [-0.39, 0.29) is 0 Å². The molecule has 0 bridgehead atoms. The Balaban J connectivity index is 1.48. The van der Waals surface area contributed by atoms with Crippen LogP contribution in [0.15, 0.2) is 63.0 Å². The molecule has 1 aliphatic heterocycles. The minimum Gasteiger partial charge on any atom is -0.469 e. The van der Waals surface area contributed by atoms with Crippen molar-refractivity contribution in [1.29, 1.82) is 0 Å². The maximum Gasteiger partial charge on any atom is 0.191 e. The average molecular weight is 447 g/mol. The minimum absolute atomic E-state index is 0.326. The number of β-amino-alcohol motifs (C(OH)–C–C–N with tert-alkyl or cyclic N) is 1. The fraction of sp³-hybridized carbons (Fsp3) is 0.522. The van der Waals surface area contributed by atoms with Gasteiger partial charge < -0.3 is 24.9 Å². The van der Waals surface area contributed by atoms with Crippen LogP contribution < -0.4 is 10.6 Å². The molecule has 3 rings (SSSR count). The molecular formula is C23H34N4O3S. The molecule has 8 heteroatoms. The number of nitrogens with one attached hydrogen (secondary N) is 2. The first-order valence-electron chi connectivity index (χ1n) is 10.9. The maximum atomic E-state index is 10.8. The number of aliphatic imine (C=N–C) groups is 1. The summed E-state index contributed by atoms with van der Waals surface area (Å²) in [6.45, 7) is 7.38. The number of hydrogen-bond donors (Lipinski definition) is 3. The van der Waals surface area contributed by atoms with Crippen molar-refractivity contribution in [2.45, 2.75) is 23.8 Å². The minimum atomic E-state index is -0.897. The molecule has 0 amide bonds. The van der Waals surface area contributed by atoms with E-state index in [0.29, 0.717) is 25.6 Å². The number of nitrogens with zero attached hydrogens (tertiary/aromatic N) is 2. The van der Waals surface area contributed by atoms with Crippen LogP contribution >= 0.6 is 11.8 Å². The molecule has 1 aliphatic rings. The molecule has 31 heavy (non-hydrogen) atoms. The molecule has 0 spiro atoms. The van der Waals surface area contributed by atoms with Gasteiger partial charge in [0.1, 0.15) is 5.76 Å². The second kappa shape index (κ2) is 12.8. The summed E-state index contributed by atoms with van der Waals surface area (Å²) in [6.07, 6.45) is 2.46. The zero-order chi connectivity index (χ0) is 21.8. The predicted octanol–water partition coefficient (Wildman–Crippen LogP) is 2.23. The van der Waals surface area contributed by atoms with Gasteiger partial charge >= 0.3 is 0 Å². The SMILES string of the molecule is CC(O)(CN=C(NCCSc1ccccc1)NCCc1ccco1)CN1CCOCC1. The summed E-state index contributed by atoms with van der Waals surface area (Å²) in [5.41, 5.74) is -0.897. The topological polar surface area (TPSA) is 82.3 Å². The number of ether oxygens (including phenoxy) is 1. The molecule has 1 aromatic heterocycles. The number of aliphatic hydroxyl groups is 1. The Bertz CT molecular complexity index is 762. The molecule has 2 aromatic rings. The lowest BCUT2D eigenvalue weighted by atomic mass is 10.1. The number of thioether (sulfide) groups is 1. The number of guanidine groups is 1. The van der Waals surface area contributed by atoms with Crippen LogP contribution in [0.2, 0.25) is 0 Å². The highest BCUT2D eigenvalue weighted by Crippen LogP contribution is 2.15. The Morgan fingerprint density at radius 3 is 2.65 bits per heavy atom. The van der Waals surface area contributed by atoms with Crippen LogP contribution in [0, 0.1) is 0 Å². The van der Waals surface area contributed by atoms with Gasteiger partial charge in [0.2, 0.25) is 0 Å². The standard InChI is InChI=1S/C23H34N4O3S/c1-23(28,19-27-12-15-29-16-13-27)18-26-22(24-10-9-20-6-5-14-30-20)25-11-17-31-21-7-3-2-4-8-21/h2-8,14,28H,9-13,15-19H2,1H3,(H2,24,25,26). The van der Waals surface area contributed by atoms with Gasteiger partial charge in [-0.1, -0.05) is 18.2 Å². The first-order valence-corrected chi connectivity index (χ1v) is 11.8. The zero-order valence-electron chi connectivity index (χ0n) is 18.3. The van der Waals surface area contributed by atoms with E-state index in [9.17, 15) is 5.11 Å². The molecule has 3 N–H and O–H groups in total. The van der Waals surface area contributed by atoms with Gasteiger partial charge in [-0.25, -0.2) is 0 Å². The maximum absolute atomic E-state index is 10.8. The van der Waals surface area contributed by atoms with Crippen molar-refractivity contribution in [3.63, 3.8) is 0 Å². The Morgan fingerprint density at radius 2 is 1.90 bits per heavy atom. The van der Waals surface area contributed by atoms with Crippen LogP contribution in [-0.2, 0) is 11.2 Å². The van der Waals surface area contributed by atoms with Crippen LogP contribution in [0.1, 0.15) is 12.7 Å². The van der Waals surface area contributed by atoms with E-state index in [4.69, 9.17) is 9.15 Å². The summed E-state index contributed by atoms with van der Waals surface area (Å²) < 4.78 is 10.8. The Morgan fingerprint density at radius 1 is 1.13 bits per heavy atom. The van der Waals surface area contributed by atoms with Crippen LogP contribution in [0.5, 0.6) is 0 Å². The van der Waals surface area contributed by atoms with E-state index in [1.54, 1.807) is 18.0 Å². The lowest BCUT2D eigenvalue weighted by Crippen LogP contribution is -2.48. The van der Waals surface area contributed by atoms with E-state index in [0.717, 1.165) is 50.8 Å². The smallest absolute Gasteiger partial charge is 0.191 e. The lowest BCUT2D eigenvalue weighted by molar-refractivity contribution is -0.0179. The fourth-order valence-electron chi connectivity index (χ4n) is 3.33. The van der Waals surface area contributed by atoms with Gasteiger partial charge in [0, 0.05) is 49.8 Å². The predicted molar refractivity (Wildman–Crippen MR) is 126 cm³/mol. The summed E-state index contributed by atoms with van der Waals surface area (Å²) in [4.78, 5) is 8.15. The van der Waals surface area contributed by atoms with E-state index >= 15 is 0 Å². The van der Waals surface area contributed by atoms with Gasteiger partial charge in [-0.3, -0.25) is 9.89 Å². The van der Waals surface area contributed by atoms with Gasteiger partial charge in [-0.15, -0.1) is 11.8 Å². The normalized spacial score (nSPS) is 17.3. The Hall–Kier alpha value is -2.00. The monoisotopic (exact) mass is 446 g/mol. The zero-order valence-corrected chi connectivity index (χ0v) is 19.1. The largest absolute Gasteiger partial charge is 0.469 e. The fourth-order valence-corrected chi connectivity index (χ4v) is 4.12. The molecule has 7 nitrogen and oxygen atoms in total. The molecule has 1 atom stereocenters. The first kappa shape index (κ1) is 23.7. The molecular weight excluding hydrogens is 412 g/mol. The molecule has 0 aliphatic carbocycles. The van der Waals surface area contributed by atoms with Crippen molar-refractivity contribution in [1.82, 2.24) is 15.5 Å². The van der Waals surface area contributed by atoms with Crippen LogP contribution in [0.4, 0.5) is 0 Å². The van der Waals surface area contributed by atoms with Gasteiger partial charge in [0.15, 0.2) is 5.96 Å². The van der Waals surface area contributed by atoms with Gasteiger partial charge in [0.25, 0.3) is 0 Å². The van der Waals surface area contributed by atoms with E-state index in [2.05, 4.69) is 44.8 Å². The number of hydrogen-bond acceptors (Lipinski definition) is 6. The van der Waals surface area contributed by atoms with Crippen molar-refractivity contribution < 1.29 is 14.3 Å². The highest BCUT2D eigenvalue weighted by Gasteiger charge is 2.25. The third-order valence-electron chi connectivity index (χ3n) is 4.90. The molecule has 1 fully saturated rings. The van der Waals surface area contributed by atoms with Crippen molar-refractivity contribution in [3.05, 3.63) is 54.5 Å². The number of morpholine rings is 1. The average Bonchev–Trinajstić information content (AvgIpc) is 3.29. The van der Waals surface area contributed by atoms with Gasteiger partial charge in [-0.05, 0) is 31.2 Å². The Kier molecular flexibility index (Phi) is 9.74. The third-order valence-corrected chi connectivity index (χ3v) is 5.91. The van der Waals surface area contributed by atoms with Crippen LogP contribution in [0.3, 0.4) is 0 Å². The Labute approximate surface area is 189 Å². The quantitative estimate of drug-likeness (QED) is 0.211. The highest BCUT2D eigenvalue weighted by atomic mass is 32.2. The van der Waals surface area contributed by atoms with E-state index in [1.807, 2.05) is 25.1 Å². The lowest BCUT2D eigenvalue weighted by Gasteiger charge is -2.33. The van der Waals surface area contributed by atoms with E-state index < -0.39 is 5.60 Å². The summed E-state index contributed by atoms with van der Waals surface area (Å²) >= 11 is 1.80. The molecule has 170 valence electrons. The molecule has 1 aromatic carbocycles. The second-order valence-electron chi connectivity index (χ2n) is 7.89. The summed E-state index contributed by atoms with van der Waals surface area (Å²) in [6, 6.07) is 14.2. The molecule has 2 heterocycles. The van der Waals surface area contributed by atoms with Crippen molar-refractivity contribution in [2.75, 3.05) is 58.2 Å². The third kappa shape index (κ3) is 9.35. The first-order chi connectivity index (χ1) is 15.1. The second-order valence-corrected chi connectivity index (χ2v) is 9.06. The molecule has 0 saturated carbocycles. The molecule has 1 saturated heterocycles. The number of benzene rings is 1. The van der Waals surface area contributed by atoms with Gasteiger partial charge in [0.05, 0.1) is 31.6 Å². The van der Waals surface area contributed by atoms with Crippen molar-refractivity contribution in [3.8, 4) is 0 Å². The molecule has 0 radical (unpaired) electrons. The van der Waals surface area contributed by atoms with Crippen molar-refractivity contribution >= 4 is 17.7 Å². The summed E-state index contributed by atoms with van der Waals surface area (Å²) in [7, 11) is 0. The number of furan rings is 1. The van der Waals surface area contributed by atoms with E-state index in [1.165, 1.54) is 4.90 Å². The van der Waals surface area contributed by atoms with Gasteiger partial charge in [-0.2, -0.15) is 0 Å². The molecule has 1 unspecified atom stereocenters. The summed E-state index contributed by atoms with van der Waals surface area (Å²) in [5, 5.41) is 17.6. The van der Waals surface area contributed by atoms with Crippen molar-refractivity contribution in [2.24, 2.45) is 4.99 Å². The number of rotatable bonds is 11. The van der Waals surface area contributed by atoms with Crippen LogP contribution in [0.25, 0.3) is 0 Å². The summed E-state index contributed by atoms with van der Waals surface area (Å²) in [5.74, 6) is 2.57.